The van der Waals surface area contributed by atoms with Crippen molar-refractivity contribution in [3.8, 4) is 0 Å². The molecule has 0 unspecified atom stereocenters. The minimum Gasteiger partial charge on any atom is -0.330 e. The fourth-order valence-electron chi connectivity index (χ4n) is 5.48. The van der Waals surface area contributed by atoms with Crippen LogP contribution in [-0.4, -0.2) is 45.7 Å². The van der Waals surface area contributed by atoms with E-state index in [0.717, 1.165) is 38.5 Å². The van der Waals surface area contributed by atoms with Gasteiger partial charge in [-0.1, -0.05) is 142 Å². The second-order valence-electron chi connectivity index (χ2n) is 12.7. The molecule has 2 fully saturated rings. The Bertz CT molecular complexity index is 802. The Morgan fingerprint density at radius 1 is 0.413 bits per heavy atom. The molecule has 2 saturated heterocycles. The van der Waals surface area contributed by atoms with Crippen LogP contribution in [0, 0.1) is 0 Å². The fraction of sp³-hybridized carbons (Fsp3) is 0.833. The molecule has 10 heteroatoms. The number of nitrogens with zero attached hydrogens (tertiary/aromatic N) is 2. The van der Waals surface area contributed by atoms with Crippen LogP contribution in [0.4, 0.5) is 0 Å². The molecule has 0 spiro atoms. The van der Waals surface area contributed by atoms with Gasteiger partial charge in [0.15, 0.2) is 0 Å². The largest absolute Gasteiger partial charge is 0.333 e. The molecule has 0 N–H and O–H groups in total. The monoisotopic (exact) mass is 650 g/mol. The third-order valence-electron chi connectivity index (χ3n) is 8.37. The molecule has 0 aromatic carbocycles. The van der Waals surface area contributed by atoms with Gasteiger partial charge in [-0.15, -0.1) is 10.1 Å². The van der Waals surface area contributed by atoms with Gasteiger partial charge in [-0.3, -0.25) is 19.2 Å². The highest BCUT2D eigenvalue weighted by Gasteiger charge is 2.33. The SMILES string of the molecule is CCCCCCCCCCCCCC(=O)ON1C(=O)CCC1=O.CCCCCCCCCCCCCC(=O)ON1C(=O)CCC1=O. The zero-order valence-corrected chi connectivity index (χ0v) is 29.0. The molecule has 264 valence electrons. The summed E-state index contributed by atoms with van der Waals surface area (Å²) in [6.07, 6.45) is 27.9. The molecule has 0 saturated carbocycles. The summed E-state index contributed by atoms with van der Waals surface area (Å²) in [7, 11) is 0. The molecule has 46 heavy (non-hydrogen) atoms. The number of rotatable bonds is 26. The summed E-state index contributed by atoms with van der Waals surface area (Å²) >= 11 is 0. The first kappa shape index (κ1) is 41.2. The van der Waals surface area contributed by atoms with Crippen LogP contribution in [0.1, 0.15) is 194 Å². The molecule has 0 aromatic rings. The van der Waals surface area contributed by atoms with Gasteiger partial charge in [0, 0.05) is 38.5 Å². The summed E-state index contributed by atoms with van der Waals surface area (Å²) in [5, 5.41) is 1.25. The highest BCUT2D eigenvalue weighted by Crippen LogP contribution is 2.16. The highest BCUT2D eigenvalue weighted by molar-refractivity contribution is 6.02. The number of hydrogen-bond donors (Lipinski definition) is 0. The quantitative estimate of drug-likeness (QED) is 0.0673. The van der Waals surface area contributed by atoms with Crippen molar-refractivity contribution >= 4 is 35.6 Å². The molecule has 4 amide bonds. The van der Waals surface area contributed by atoms with Gasteiger partial charge < -0.3 is 9.68 Å². The maximum Gasteiger partial charge on any atom is 0.333 e. The van der Waals surface area contributed by atoms with Crippen molar-refractivity contribution in [1.29, 1.82) is 0 Å². The van der Waals surface area contributed by atoms with E-state index in [2.05, 4.69) is 13.8 Å². The molecule has 2 aliphatic rings. The first-order valence-corrected chi connectivity index (χ1v) is 18.4. The fourth-order valence-corrected chi connectivity index (χ4v) is 5.48. The maximum atomic E-state index is 11.6. The summed E-state index contributed by atoms with van der Waals surface area (Å²) < 4.78 is 0. The van der Waals surface area contributed by atoms with Crippen molar-refractivity contribution < 1.29 is 38.4 Å². The minimum absolute atomic E-state index is 0.143. The van der Waals surface area contributed by atoms with Crippen LogP contribution in [0.3, 0.4) is 0 Å². The summed E-state index contributed by atoms with van der Waals surface area (Å²) in [5.74, 6) is -2.62. The first-order valence-electron chi connectivity index (χ1n) is 18.4. The number of hydroxylamine groups is 4. The van der Waals surface area contributed by atoms with Crippen LogP contribution in [0.2, 0.25) is 0 Å². The predicted molar refractivity (Wildman–Crippen MR) is 177 cm³/mol. The smallest absolute Gasteiger partial charge is 0.330 e. The number of carbonyl (C=O) groups is 6. The molecule has 0 radical (unpaired) electrons. The van der Waals surface area contributed by atoms with Gasteiger partial charge in [0.2, 0.25) is 0 Å². The lowest BCUT2D eigenvalue weighted by atomic mass is 10.1. The van der Waals surface area contributed by atoms with E-state index in [1.165, 1.54) is 103 Å². The second-order valence-corrected chi connectivity index (χ2v) is 12.7. The van der Waals surface area contributed by atoms with Gasteiger partial charge in [0.25, 0.3) is 23.6 Å². The van der Waals surface area contributed by atoms with Crippen molar-refractivity contribution in [2.75, 3.05) is 0 Å². The zero-order chi connectivity index (χ0) is 33.8. The van der Waals surface area contributed by atoms with Crippen LogP contribution in [0.25, 0.3) is 0 Å². The van der Waals surface area contributed by atoms with Crippen LogP contribution in [0.5, 0.6) is 0 Å². The van der Waals surface area contributed by atoms with E-state index in [1.807, 2.05) is 0 Å². The van der Waals surface area contributed by atoms with Crippen molar-refractivity contribution in [2.24, 2.45) is 0 Å². The molecule has 0 atom stereocenters. The molecule has 2 heterocycles. The number of carbonyl (C=O) groups excluding carboxylic acids is 6. The summed E-state index contributed by atoms with van der Waals surface area (Å²) in [6.45, 7) is 4.47. The summed E-state index contributed by atoms with van der Waals surface area (Å²) in [5.41, 5.74) is 0. The van der Waals surface area contributed by atoms with Gasteiger partial charge in [-0.25, -0.2) is 9.59 Å². The maximum absolute atomic E-state index is 11.6. The highest BCUT2D eigenvalue weighted by atomic mass is 16.7. The zero-order valence-electron chi connectivity index (χ0n) is 29.0. The van der Waals surface area contributed by atoms with Gasteiger partial charge >= 0.3 is 11.9 Å². The van der Waals surface area contributed by atoms with E-state index in [1.54, 1.807) is 0 Å². The summed E-state index contributed by atoms with van der Waals surface area (Å²) in [6, 6.07) is 0. The van der Waals surface area contributed by atoms with Crippen LogP contribution in [0.15, 0.2) is 0 Å². The van der Waals surface area contributed by atoms with E-state index in [0.29, 0.717) is 10.1 Å². The van der Waals surface area contributed by atoms with Crippen molar-refractivity contribution in [3.05, 3.63) is 0 Å². The van der Waals surface area contributed by atoms with Crippen molar-refractivity contribution in [1.82, 2.24) is 10.1 Å². The topological polar surface area (TPSA) is 127 Å². The van der Waals surface area contributed by atoms with E-state index in [-0.39, 0.29) is 38.5 Å². The average molecular weight is 651 g/mol. The van der Waals surface area contributed by atoms with Crippen LogP contribution >= 0.6 is 0 Å². The Kier molecular flexibility index (Phi) is 24.5. The molecule has 0 aromatic heterocycles. The number of hydrogen-bond acceptors (Lipinski definition) is 8. The molecule has 0 aliphatic carbocycles. The van der Waals surface area contributed by atoms with E-state index in [9.17, 15) is 28.8 Å². The molecular weight excluding hydrogens is 588 g/mol. The number of imide groups is 2. The standard InChI is InChI=1S/2C18H31NO4/c2*1-2-3-4-5-6-7-8-9-10-11-12-13-18(22)23-19-16(20)14-15-17(19)21/h2*2-15H2,1H3. The summed E-state index contributed by atoms with van der Waals surface area (Å²) in [4.78, 5) is 78.0. The lowest BCUT2D eigenvalue weighted by Crippen LogP contribution is -2.31. The van der Waals surface area contributed by atoms with Gasteiger partial charge in [0.1, 0.15) is 0 Å². The van der Waals surface area contributed by atoms with E-state index < -0.39 is 35.6 Å². The Hall–Kier alpha value is -2.78. The van der Waals surface area contributed by atoms with Gasteiger partial charge in [-0.05, 0) is 12.8 Å². The lowest BCUT2D eigenvalue weighted by Gasteiger charge is -2.12. The number of unbranched alkanes of at least 4 members (excludes halogenated alkanes) is 20. The normalized spacial score (nSPS) is 14.6. The minimum atomic E-state index is -0.482. The van der Waals surface area contributed by atoms with Crippen LogP contribution in [-0.2, 0) is 38.4 Å². The molecule has 10 nitrogen and oxygen atoms in total. The third kappa shape index (κ3) is 20.4. The van der Waals surface area contributed by atoms with Gasteiger partial charge in [0.05, 0.1) is 0 Å². The Morgan fingerprint density at radius 3 is 0.870 bits per heavy atom. The van der Waals surface area contributed by atoms with E-state index >= 15 is 0 Å². The van der Waals surface area contributed by atoms with Crippen molar-refractivity contribution in [3.63, 3.8) is 0 Å². The lowest BCUT2D eigenvalue weighted by molar-refractivity contribution is -0.197. The van der Waals surface area contributed by atoms with Crippen LogP contribution < -0.4 is 0 Å². The van der Waals surface area contributed by atoms with E-state index in [4.69, 9.17) is 9.68 Å². The average Bonchev–Trinajstić information content (AvgIpc) is 3.53. The Balaban J connectivity index is 0.000000460. The van der Waals surface area contributed by atoms with Gasteiger partial charge in [-0.2, -0.15) is 0 Å². The second kappa shape index (κ2) is 27.3. The van der Waals surface area contributed by atoms with Crippen molar-refractivity contribution in [2.45, 2.75) is 194 Å². The molecule has 0 bridgehead atoms. The molecular formula is C36H62N2O8. The Morgan fingerprint density at radius 2 is 0.630 bits per heavy atom. The Labute approximate surface area is 277 Å². The molecule has 2 aliphatic heterocycles. The number of amides is 4. The third-order valence-corrected chi connectivity index (χ3v) is 8.37. The molecule has 2 rings (SSSR count). The predicted octanol–water partition coefficient (Wildman–Crippen LogP) is 8.59. The first-order chi connectivity index (χ1) is 22.3.